The molecule has 1 aromatic rings. The van der Waals surface area contributed by atoms with Crippen molar-refractivity contribution in [3.05, 3.63) is 34.1 Å². The van der Waals surface area contributed by atoms with Crippen LogP contribution in [0.5, 0.6) is 0 Å². The van der Waals surface area contributed by atoms with Gasteiger partial charge in [0.15, 0.2) is 0 Å². The molecule has 0 aliphatic rings. The summed E-state index contributed by atoms with van der Waals surface area (Å²) in [5, 5.41) is 8.69. The van der Waals surface area contributed by atoms with Gasteiger partial charge in [0.05, 0.1) is 11.1 Å². The van der Waals surface area contributed by atoms with Crippen LogP contribution in [0.25, 0.3) is 0 Å². The predicted octanol–water partition coefficient (Wildman–Crippen LogP) is 1.45. The molecule has 4 heteroatoms. The Labute approximate surface area is 84.7 Å². The minimum atomic E-state index is -0.319. The highest BCUT2D eigenvalue weighted by molar-refractivity contribution is 9.10. The van der Waals surface area contributed by atoms with Crippen molar-refractivity contribution in [2.45, 2.75) is 12.5 Å². The fourth-order valence-corrected chi connectivity index (χ4v) is 1.28. The summed E-state index contributed by atoms with van der Waals surface area (Å²) in [5.74, 6) is -0.303. The Morgan fingerprint density at radius 3 is 2.77 bits per heavy atom. The van der Waals surface area contributed by atoms with E-state index in [1.807, 2.05) is 0 Å². The number of benzene rings is 1. The molecule has 0 aliphatic heterocycles. The molecule has 0 aliphatic carbocycles. The molecule has 0 heterocycles. The standard InChI is InChI=1S/C9H11BrFNO/c10-8-2-1-6(4-9(8)11)3-7(12)5-13/h1-2,4,7,13H,3,5,12H2. The quantitative estimate of drug-likeness (QED) is 0.850. The Hall–Kier alpha value is -0.450. The molecule has 0 amide bonds. The third kappa shape index (κ3) is 3.06. The molecule has 2 nitrogen and oxygen atoms in total. The normalized spacial score (nSPS) is 12.9. The summed E-state index contributed by atoms with van der Waals surface area (Å²) < 4.78 is 13.4. The summed E-state index contributed by atoms with van der Waals surface area (Å²) >= 11 is 3.06. The van der Waals surface area contributed by atoms with Gasteiger partial charge in [-0.15, -0.1) is 0 Å². The van der Waals surface area contributed by atoms with Gasteiger partial charge in [-0.3, -0.25) is 0 Å². The van der Waals surface area contributed by atoms with Gasteiger partial charge in [0.25, 0.3) is 0 Å². The van der Waals surface area contributed by atoms with E-state index in [4.69, 9.17) is 10.8 Å². The largest absolute Gasteiger partial charge is 0.395 e. The topological polar surface area (TPSA) is 46.2 Å². The van der Waals surface area contributed by atoms with Crippen LogP contribution in [-0.2, 0) is 6.42 Å². The van der Waals surface area contributed by atoms with Crippen LogP contribution in [0.2, 0.25) is 0 Å². The summed E-state index contributed by atoms with van der Waals surface area (Å²) in [6, 6.07) is 4.51. The van der Waals surface area contributed by atoms with Crippen LogP contribution in [-0.4, -0.2) is 17.8 Å². The van der Waals surface area contributed by atoms with Crippen molar-refractivity contribution < 1.29 is 9.50 Å². The third-order valence-corrected chi connectivity index (χ3v) is 2.36. The molecular formula is C9H11BrFNO. The van der Waals surface area contributed by atoms with Gasteiger partial charge in [0.1, 0.15) is 5.82 Å². The van der Waals surface area contributed by atoms with E-state index in [2.05, 4.69) is 15.9 Å². The third-order valence-electron chi connectivity index (χ3n) is 1.72. The number of rotatable bonds is 3. The highest BCUT2D eigenvalue weighted by atomic mass is 79.9. The van der Waals surface area contributed by atoms with E-state index < -0.39 is 0 Å². The molecule has 0 saturated heterocycles. The van der Waals surface area contributed by atoms with Crippen LogP contribution in [0.3, 0.4) is 0 Å². The van der Waals surface area contributed by atoms with Gasteiger partial charge in [-0.25, -0.2) is 4.39 Å². The van der Waals surface area contributed by atoms with E-state index in [0.717, 1.165) is 5.56 Å². The molecule has 72 valence electrons. The average molecular weight is 248 g/mol. The second kappa shape index (κ2) is 4.69. The maximum Gasteiger partial charge on any atom is 0.137 e. The first kappa shape index (κ1) is 10.6. The minimum Gasteiger partial charge on any atom is -0.395 e. The molecule has 13 heavy (non-hydrogen) atoms. The maximum absolute atomic E-state index is 13.0. The lowest BCUT2D eigenvalue weighted by Gasteiger charge is -2.07. The van der Waals surface area contributed by atoms with Gasteiger partial charge in [-0.2, -0.15) is 0 Å². The molecule has 3 N–H and O–H groups in total. The second-order valence-electron chi connectivity index (χ2n) is 2.90. The Kier molecular flexibility index (Phi) is 3.84. The van der Waals surface area contributed by atoms with E-state index in [0.29, 0.717) is 10.9 Å². The lowest BCUT2D eigenvalue weighted by molar-refractivity contribution is 0.265. The van der Waals surface area contributed by atoms with E-state index in [1.165, 1.54) is 6.07 Å². The van der Waals surface area contributed by atoms with Gasteiger partial charge in [0.2, 0.25) is 0 Å². The van der Waals surface area contributed by atoms with Crippen LogP contribution in [0.1, 0.15) is 5.56 Å². The first-order valence-electron chi connectivity index (χ1n) is 3.94. The number of hydrogen-bond acceptors (Lipinski definition) is 2. The van der Waals surface area contributed by atoms with E-state index in [-0.39, 0.29) is 18.5 Å². The molecule has 0 aromatic heterocycles. The number of hydrogen-bond donors (Lipinski definition) is 2. The number of aliphatic hydroxyl groups is 1. The Morgan fingerprint density at radius 2 is 2.23 bits per heavy atom. The van der Waals surface area contributed by atoms with Crippen molar-refractivity contribution in [3.8, 4) is 0 Å². The van der Waals surface area contributed by atoms with Crippen LogP contribution in [0, 0.1) is 5.82 Å². The zero-order valence-electron chi connectivity index (χ0n) is 7.00. The summed E-state index contributed by atoms with van der Waals surface area (Å²) in [6.07, 6.45) is 0.487. The summed E-state index contributed by atoms with van der Waals surface area (Å²) in [4.78, 5) is 0. The van der Waals surface area contributed by atoms with Crippen molar-refractivity contribution in [3.63, 3.8) is 0 Å². The number of nitrogens with two attached hydrogens (primary N) is 1. The molecule has 1 atom stereocenters. The highest BCUT2D eigenvalue weighted by Crippen LogP contribution is 2.16. The summed E-state index contributed by atoms with van der Waals surface area (Å²) in [5.41, 5.74) is 6.30. The van der Waals surface area contributed by atoms with Gasteiger partial charge >= 0.3 is 0 Å². The lowest BCUT2D eigenvalue weighted by Crippen LogP contribution is -2.26. The van der Waals surface area contributed by atoms with E-state index in [1.54, 1.807) is 12.1 Å². The number of aliphatic hydroxyl groups excluding tert-OH is 1. The molecular weight excluding hydrogens is 237 g/mol. The van der Waals surface area contributed by atoms with Gasteiger partial charge in [-0.05, 0) is 40.0 Å². The minimum absolute atomic E-state index is 0.0856. The molecule has 1 aromatic carbocycles. The summed E-state index contributed by atoms with van der Waals surface area (Å²) in [7, 11) is 0. The first-order valence-corrected chi connectivity index (χ1v) is 4.73. The monoisotopic (exact) mass is 247 g/mol. The summed E-state index contributed by atoms with van der Waals surface area (Å²) in [6.45, 7) is -0.0856. The van der Waals surface area contributed by atoms with Crippen molar-refractivity contribution in [2.24, 2.45) is 5.73 Å². The predicted molar refractivity (Wildman–Crippen MR) is 52.9 cm³/mol. The number of halogens is 2. The van der Waals surface area contributed by atoms with Crippen molar-refractivity contribution in [1.29, 1.82) is 0 Å². The van der Waals surface area contributed by atoms with Crippen molar-refractivity contribution >= 4 is 15.9 Å². The maximum atomic E-state index is 13.0. The molecule has 0 spiro atoms. The van der Waals surface area contributed by atoms with Gasteiger partial charge in [-0.1, -0.05) is 6.07 Å². The zero-order chi connectivity index (χ0) is 9.84. The molecule has 0 radical (unpaired) electrons. The fourth-order valence-electron chi connectivity index (χ4n) is 1.03. The molecule has 1 rings (SSSR count). The van der Waals surface area contributed by atoms with Gasteiger partial charge < -0.3 is 10.8 Å². The molecule has 0 bridgehead atoms. The average Bonchev–Trinajstić information content (AvgIpc) is 2.11. The highest BCUT2D eigenvalue weighted by Gasteiger charge is 2.04. The van der Waals surface area contributed by atoms with E-state index >= 15 is 0 Å². The van der Waals surface area contributed by atoms with Crippen LogP contribution in [0.15, 0.2) is 22.7 Å². The Bertz CT molecular complexity index is 293. The van der Waals surface area contributed by atoms with Crippen LogP contribution < -0.4 is 5.73 Å². The SMILES string of the molecule is NC(CO)Cc1ccc(Br)c(F)c1. The molecule has 0 fully saturated rings. The zero-order valence-corrected chi connectivity index (χ0v) is 8.59. The molecule has 1 unspecified atom stereocenters. The van der Waals surface area contributed by atoms with Crippen molar-refractivity contribution in [1.82, 2.24) is 0 Å². The van der Waals surface area contributed by atoms with Crippen LogP contribution in [0.4, 0.5) is 4.39 Å². The smallest absolute Gasteiger partial charge is 0.137 e. The lowest BCUT2D eigenvalue weighted by atomic mass is 10.1. The fraction of sp³-hybridized carbons (Fsp3) is 0.333. The van der Waals surface area contributed by atoms with Crippen molar-refractivity contribution in [2.75, 3.05) is 6.61 Å². The Morgan fingerprint density at radius 1 is 1.54 bits per heavy atom. The first-order chi connectivity index (χ1) is 6.13. The second-order valence-corrected chi connectivity index (χ2v) is 3.75. The van der Waals surface area contributed by atoms with Gasteiger partial charge in [0, 0.05) is 6.04 Å². The van der Waals surface area contributed by atoms with E-state index in [9.17, 15) is 4.39 Å². The Balaban J connectivity index is 2.73. The molecule has 0 saturated carbocycles. The van der Waals surface area contributed by atoms with Crippen LogP contribution >= 0.6 is 15.9 Å².